The van der Waals surface area contributed by atoms with Gasteiger partial charge in [-0.3, -0.25) is 0 Å². The van der Waals surface area contributed by atoms with Crippen molar-refractivity contribution in [1.82, 2.24) is 0 Å². The van der Waals surface area contributed by atoms with Gasteiger partial charge in [-0.05, 0) is 0 Å². The van der Waals surface area contributed by atoms with Crippen LogP contribution in [0.25, 0.3) is 0 Å². The molecule has 0 spiro atoms. The van der Waals surface area contributed by atoms with Crippen LogP contribution in [0.5, 0.6) is 0 Å². The molecular formula is C6H15BrHf. The van der Waals surface area contributed by atoms with Gasteiger partial charge < -0.3 is 0 Å². The molecule has 0 unspecified atom stereocenters. The van der Waals surface area contributed by atoms with Crippen molar-refractivity contribution in [3.05, 3.63) is 0 Å². The van der Waals surface area contributed by atoms with Gasteiger partial charge in [-0.2, -0.15) is 0 Å². The predicted molar refractivity (Wildman–Crippen MR) is 40.4 cm³/mol. The monoisotopic (exact) mass is 346 g/mol. The van der Waals surface area contributed by atoms with Crippen molar-refractivity contribution in [1.29, 1.82) is 0 Å². The summed E-state index contributed by atoms with van der Waals surface area (Å²) in [7, 11) is 0. The summed E-state index contributed by atoms with van der Waals surface area (Å²) in [5.41, 5.74) is 0. The molecule has 0 amide bonds. The molecule has 0 aliphatic carbocycles. The number of hydrogen-bond acceptors (Lipinski definition) is 0. The van der Waals surface area contributed by atoms with Gasteiger partial charge in [0.05, 0.1) is 0 Å². The molecule has 0 radical (unpaired) electrons. The van der Waals surface area contributed by atoms with Crippen molar-refractivity contribution in [2.75, 3.05) is 0 Å². The first-order valence-corrected chi connectivity index (χ1v) is 18.8. The fourth-order valence-electron chi connectivity index (χ4n) is 0.750. The molecule has 0 fully saturated rings. The van der Waals surface area contributed by atoms with E-state index in [0.29, 0.717) is 0 Å². The van der Waals surface area contributed by atoms with Crippen molar-refractivity contribution >= 4 is 12.3 Å². The van der Waals surface area contributed by atoms with E-state index in [2.05, 4.69) is 33.1 Å². The van der Waals surface area contributed by atoms with Crippen molar-refractivity contribution in [2.24, 2.45) is 0 Å². The first kappa shape index (κ1) is 9.35. The molecule has 2 heteroatoms. The fourth-order valence-corrected chi connectivity index (χ4v) is 6.14. The van der Waals surface area contributed by atoms with Crippen LogP contribution in [0.15, 0.2) is 0 Å². The van der Waals surface area contributed by atoms with Gasteiger partial charge >= 0.3 is 63.2 Å². The van der Waals surface area contributed by atoms with Crippen LogP contribution in [-0.4, -0.2) is 0 Å². The number of rotatable bonds is 3. The summed E-state index contributed by atoms with van der Waals surface area (Å²) in [5, 5.41) is 0. The maximum atomic E-state index is 3.90. The third kappa shape index (κ3) is 2.77. The standard InChI is InChI=1S/3C2H5.BrH.Hf/c3*1-2;;/h3*1H2,2H3;1H;/q;;;;+1/p-1. The second-order valence-electron chi connectivity index (χ2n) is 2.21. The Balaban J connectivity index is 3.58. The van der Waals surface area contributed by atoms with E-state index in [-0.39, 0.29) is 0 Å². The summed E-state index contributed by atoms with van der Waals surface area (Å²) in [4.78, 5) is 0. The zero-order valence-electron chi connectivity index (χ0n) is 6.00. The third-order valence-electron chi connectivity index (χ3n) is 1.90. The molecule has 8 heavy (non-hydrogen) atoms. The molecule has 0 N–H and O–H groups in total. The van der Waals surface area contributed by atoms with Crippen LogP contribution < -0.4 is 0 Å². The van der Waals surface area contributed by atoms with E-state index in [1.165, 1.54) is 12.5 Å². The normalized spacial score (nSPS) is 12.0. The predicted octanol–water partition coefficient (Wildman–Crippen LogP) is 3.76. The zero-order chi connectivity index (χ0) is 6.62. The summed E-state index contributed by atoms with van der Waals surface area (Å²) >= 11 is 2.27. The van der Waals surface area contributed by atoms with Crippen LogP contribution >= 0.6 is 12.3 Å². The van der Waals surface area contributed by atoms with E-state index in [1.54, 1.807) is 0 Å². The Morgan fingerprint density at radius 2 is 1.25 bits per heavy atom. The summed E-state index contributed by atoms with van der Waals surface area (Å²) in [6.45, 7) is 6.97. The fraction of sp³-hybridized carbons (Fsp3) is 1.00. The zero-order valence-corrected chi connectivity index (χ0v) is 11.2. The molecule has 0 nitrogen and oxygen atoms in total. The van der Waals surface area contributed by atoms with Crippen LogP contribution in [0.4, 0.5) is 0 Å². The topological polar surface area (TPSA) is 0 Å². The van der Waals surface area contributed by atoms with Gasteiger partial charge in [0.15, 0.2) is 0 Å². The van der Waals surface area contributed by atoms with Crippen LogP contribution in [0.1, 0.15) is 20.8 Å². The quantitative estimate of drug-likeness (QED) is 0.683. The van der Waals surface area contributed by atoms with E-state index in [9.17, 15) is 0 Å². The van der Waals surface area contributed by atoms with E-state index >= 15 is 0 Å². The van der Waals surface area contributed by atoms with E-state index in [4.69, 9.17) is 0 Å². The second kappa shape index (κ2) is 4.21. The molecular weight excluding hydrogens is 330 g/mol. The average molecular weight is 346 g/mol. The Bertz CT molecular complexity index is 51.3. The summed E-state index contributed by atoms with van der Waals surface area (Å²) < 4.78 is 4.38. The summed E-state index contributed by atoms with van der Waals surface area (Å²) in [5.74, 6) is 0. The minimum absolute atomic E-state index is 1.46. The van der Waals surface area contributed by atoms with Gasteiger partial charge in [-0.1, -0.05) is 0 Å². The molecule has 0 atom stereocenters. The van der Waals surface area contributed by atoms with E-state index in [0.717, 1.165) is 0 Å². The summed E-state index contributed by atoms with van der Waals surface area (Å²) in [6.07, 6.45) is 0. The van der Waals surface area contributed by atoms with Gasteiger partial charge in [-0.15, -0.1) is 0 Å². The Morgan fingerprint density at radius 3 is 1.25 bits per heavy atom. The van der Waals surface area contributed by atoms with Crippen molar-refractivity contribution in [3.63, 3.8) is 0 Å². The molecule has 0 heterocycles. The summed E-state index contributed by atoms with van der Waals surface area (Å²) in [6, 6.07) is 0. The van der Waals surface area contributed by atoms with Crippen LogP contribution in [0.2, 0.25) is 12.5 Å². The molecule has 0 aliphatic heterocycles. The molecule has 0 saturated carbocycles. The second-order valence-corrected chi connectivity index (χ2v) is 31.9. The molecule has 0 bridgehead atoms. The molecule has 0 aromatic carbocycles. The van der Waals surface area contributed by atoms with Crippen LogP contribution in [-0.2, 0) is 17.6 Å². The van der Waals surface area contributed by atoms with E-state index < -0.39 is 17.6 Å². The van der Waals surface area contributed by atoms with Crippen molar-refractivity contribution in [2.45, 2.75) is 33.3 Å². The van der Waals surface area contributed by atoms with Gasteiger partial charge in [-0.25, -0.2) is 0 Å². The molecule has 0 aromatic rings. The van der Waals surface area contributed by atoms with Crippen molar-refractivity contribution < 1.29 is 17.6 Å². The minimum atomic E-state index is -1.64. The number of halogens is 1. The van der Waals surface area contributed by atoms with Gasteiger partial charge in [0.25, 0.3) is 0 Å². The SMILES string of the molecule is C[CH2][Hf]([Br])([CH2]C)[CH2]C. The third-order valence-corrected chi connectivity index (χ3v) is 29.3. The Kier molecular flexibility index (Phi) is 4.92. The Morgan fingerprint density at radius 1 is 1.00 bits per heavy atom. The molecule has 0 aliphatic rings. The number of hydrogen-bond donors (Lipinski definition) is 0. The van der Waals surface area contributed by atoms with Gasteiger partial charge in [0, 0.05) is 0 Å². The average Bonchev–Trinajstić information content (AvgIpc) is 1.87. The Labute approximate surface area is 62.9 Å². The molecule has 0 aromatic heterocycles. The molecule has 0 rings (SSSR count). The van der Waals surface area contributed by atoms with Crippen molar-refractivity contribution in [3.8, 4) is 0 Å². The van der Waals surface area contributed by atoms with E-state index in [1.807, 2.05) is 0 Å². The molecule has 50 valence electrons. The first-order chi connectivity index (χ1) is 3.68. The maximum absolute atomic E-state index is 3.90. The molecule has 0 saturated heterocycles. The van der Waals surface area contributed by atoms with Crippen LogP contribution in [0.3, 0.4) is 0 Å². The Hall–Kier alpha value is 1.35. The first-order valence-electron chi connectivity index (χ1n) is 3.37. The van der Waals surface area contributed by atoms with Gasteiger partial charge in [0.2, 0.25) is 0 Å². The van der Waals surface area contributed by atoms with Crippen LogP contribution in [0, 0.1) is 0 Å². The van der Waals surface area contributed by atoms with Gasteiger partial charge in [0.1, 0.15) is 0 Å².